The van der Waals surface area contributed by atoms with E-state index in [1.54, 1.807) is 6.92 Å². The Hall–Kier alpha value is -1.13. The molecule has 0 bridgehead atoms. The molecule has 3 fully saturated rings. The van der Waals surface area contributed by atoms with Gasteiger partial charge in [-0.05, 0) is 32.1 Å². The first-order valence-corrected chi connectivity index (χ1v) is 6.81. The SMILES string of the molecule is C=C1C(=O)O[C@@H]2[C@H]1[C@H](O)CC(=C)[C@@H]1CC[C@@](C)(O)[C@H]21. The van der Waals surface area contributed by atoms with E-state index in [1.165, 1.54) is 0 Å². The Bertz CT molecular complexity index is 465. The van der Waals surface area contributed by atoms with E-state index in [4.69, 9.17) is 4.74 Å². The van der Waals surface area contributed by atoms with Crippen LogP contribution in [0.2, 0.25) is 0 Å². The van der Waals surface area contributed by atoms with Crippen molar-refractivity contribution in [3.05, 3.63) is 24.3 Å². The summed E-state index contributed by atoms with van der Waals surface area (Å²) in [5.74, 6) is -0.935. The summed E-state index contributed by atoms with van der Waals surface area (Å²) in [6, 6.07) is 0. The van der Waals surface area contributed by atoms with Crippen LogP contribution in [0.5, 0.6) is 0 Å². The van der Waals surface area contributed by atoms with Crippen molar-refractivity contribution in [2.45, 2.75) is 44.0 Å². The van der Waals surface area contributed by atoms with Gasteiger partial charge >= 0.3 is 5.97 Å². The highest BCUT2D eigenvalue weighted by Crippen LogP contribution is 2.53. The zero-order valence-electron chi connectivity index (χ0n) is 11.1. The first kappa shape index (κ1) is 12.9. The molecule has 0 aromatic carbocycles. The van der Waals surface area contributed by atoms with Crippen molar-refractivity contribution < 1.29 is 19.7 Å². The monoisotopic (exact) mass is 264 g/mol. The fourth-order valence-corrected chi connectivity index (χ4v) is 4.17. The zero-order valence-corrected chi connectivity index (χ0v) is 11.1. The van der Waals surface area contributed by atoms with Gasteiger partial charge in [-0.1, -0.05) is 18.7 Å². The molecule has 4 nitrogen and oxygen atoms in total. The van der Waals surface area contributed by atoms with Gasteiger partial charge in [0, 0.05) is 11.5 Å². The molecule has 3 rings (SSSR count). The van der Waals surface area contributed by atoms with Crippen molar-refractivity contribution in [3.8, 4) is 0 Å². The molecule has 0 unspecified atom stereocenters. The summed E-state index contributed by atoms with van der Waals surface area (Å²) in [7, 11) is 0. The van der Waals surface area contributed by atoms with Gasteiger partial charge in [0.2, 0.25) is 0 Å². The second-order valence-electron chi connectivity index (χ2n) is 6.38. The van der Waals surface area contributed by atoms with Crippen molar-refractivity contribution >= 4 is 5.97 Å². The van der Waals surface area contributed by atoms with Gasteiger partial charge < -0.3 is 14.9 Å². The second-order valence-corrected chi connectivity index (χ2v) is 6.38. The van der Waals surface area contributed by atoms with E-state index in [0.29, 0.717) is 18.4 Å². The smallest absolute Gasteiger partial charge is 0.334 e. The van der Waals surface area contributed by atoms with Crippen LogP contribution in [-0.2, 0) is 9.53 Å². The third-order valence-electron chi connectivity index (χ3n) is 5.14. The van der Waals surface area contributed by atoms with Crippen LogP contribution in [0, 0.1) is 17.8 Å². The summed E-state index contributed by atoms with van der Waals surface area (Å²) >= 11 is 0. The summed E-state index contributed by atoms with van der Waals surface area (Å²) in [5, 5.41) is 20.9. The number of hydrogen-bond donors (Lipinski definition) is 2. The lowest BCUT2D eigenvalue weighted by molar-refractivity contribution is -0.147. The number of hydrogen-bond acceptors (Lipinski definition) is 4. The van der Waals surface area contributed by atoms with E-state index >= 15 is 0 Å². The molecule has 0 aromatic rings. The predicted octanol–water partition coefficient (Wildman–Crippen LogP) is 1.18. The fraction of sp³-hybridized carbons (Fsp3) is 0.667. The normalized spacial score (nSPS) is 49.6. The maximum atomic E-state index is 11.7. The molecule has 0 spiro atoms. The molecule has 4 heteroatoms. The van der Waals surface area contributed by atoms with Gasteiger partial charge in [-0.15, -0.1) is 0 Å². The van der Waals surface area contributed by atoms with Crippen LogP contribution in [0.1, 0.15) is 26.2 Å². The number of fused-ring (bicyclic) bond motifs is 3. The van der Waals surface area contributed by atoms with E-state index in [2.05, 4.69) is 13.2 Å². The van der Waals surface area contributed by atoms with E-state index in [0.717, 1.165) is 12.0 Å². The molecule has 1 heterocycles. The molecule has 0 radical (unpaired) electrons. The van der Waals surface area contributed by atoms with Crippen molar-refractivity contribution in [2.24, 2.45) is 17.8 Å². The summed E-state index contributed by atoms with van der Waals surface area (Å²) in [4.78, 5) is 11.7. The molecule has 2 N–H and O–H groups in total. The highest BCUT2D eigenvalue weighted by Gasteiger charge is 2.58. The third-order valence-corrected chi connectivity index (χ3v) is 5.14. The highest BCUT2D eigenvalue weighted by atomic mass is 16.6. The van der Waals surface area contributed by atoms with Crippen molar-refractivity contribution in [2.75, 3.05) is 0 Å². The van der Waals surface area contributed by atoms with Gasteiger partial charge in [-0.3, -0.25) is 0 Å². The second kappa shape index (κ2) is 3.93. The van der Waals surface area contributed by atoms with Crippen LogP contribution in [0.25, 0.3) is 0 Å². The zero-order chi connectivity index (χ0) is 13.9. The summed E-state index contributed by atoms with van der Waals surface area (Å²) in [6.07, 6.45) is 0.782. The van der Waals surface area contributed by atoms with E-state index in [-0.39, 0.29) is 11.8 Å². The summed E-state index contributed by atoms with van der Waals surface area (Å²) in [6.45, 7) is 9.60. The van der Waals surface area contributed by atoms with Crippen molar-refractivity contribution in [1.82, 2.24) is 0 Å². The maximum absolute atomic E-state index is 11.7. The highest BCUT2D eigenvalue weighted by molar-refractivity contribution is 5.91. The lowest BCUT2D eigenvalue weighted by atomic mass is 9.77. The number of aliphatic hydroxyl groups excluding tert-OH is 1. The molecule has 2 aliphatic carbocycles. The molecule has 1 saturated heterocycles. The number of esters is 1. The number of ether oxygens (including phenoxy) is 1. The van der Waals surface area contributed by atoms with Gasteiger partial charge in [0.1, 0.15) is 6.10 Å². The Kier molecular flexibility index (Phi) is 2.67. The molecular weight excluding hydrogens is 244 g/mol. The molecule has 2 saturated carbocycles. The fourth-order valence-electron chi connectivity index (χ4n) is 4.17. The Balaban J connectivity index is 2.06. The third kappa shape index (κ3) is 1.70. The van der Waals surface area contributed by atoms with E-state index in [9.17, 15) is 15.0 Å². The number of rotatable bonds is 0. The Morgan fingerprint density at radius 2 is 2.11 bits per heavy atom. The minimum Gasteiger partial charge on any atom is -0.458 e. The average Bonchev–Trinajstić information content (AvgIpc) is 2.72. The topological polar surface area (TPSA) is 66.8 Å². The summed E-state index contributed by atoms with van der Waals surface area (Å²) in [5.41, 5.74) is 0.396. The largest absolute Gasteiger partial charge is 0.458 e. The van der Waals surface area contributed by atoms with Gasteiger partial charge in [0.15, 0.2) is 0 Å². The molecule has 6 atom stereocenters. The molecule has 1 aliphatic heterocycles. The Morgan fingerprint density at radius 1 is 1.42 bits per heavy atom. The number of carbonyl (C=O) groups is 1. The van der Waals surface area contributed by atoms with Crippen LogP contribution >= 0.6 is 0 Å². The van der Waals surface area contributed by atoms with Gasteiger partial charge in [0.25, 0.3) is 0 Å². The molecular formula is C15H20O4. The lowest BCUT2D eigenvalue weighted by Crippen LogP contribution is -2.43. The predicted molar refractivity (Wildman–Crippen MR) is 69.1 cm³/mol. The average molecular weight is 264 g/mol. The van der Waals surface area contributed by atoms with E-state index < -0.39 is 29.7 Å². The van der Waals surface area contributed by atoms with Crippen LogP contribution < -0.4 is 0 Å². The minimum absolute atomic E-state index is 0.110. The van der Waals surface area contributed by atoms with Crippen LogP contribution in [0.4, 0.5) is 0 Å². The van der Waals surface area contributed by atoms with Gasteiger partial charge in [0.05, 0.1) is 17.6 Å². The van der Waals surface area contributed by atoms with Crippen molar-refractivity contribution in [3.63, 3.8) is 0 Å². The molecule has 104 valence electrons. The Labute approximate surface area is 112 Å². The van der Waals surface area contributed by atoms with E-state index in [1.807, 2.05) is 0 Å². The van der Waals surface area contributed by atoms with Gasteiger partial charge in [-0.2, -0.15) is 0 Å². The standard InChI is InChI=1S/C15H20O4/c1-7-6-10(16)11-8(2)14(17)19-13(11)12-9(7)4-5-15(12,3)18/h9-13,16,18H,1-2,4-6H2,3H3/t9-,10+,11+,12-,13+,15+/m0/s1. The molecule has 0 amide bonds. The lowest BCUT2D eigenvalue weighted by Gasteiger charge is -2.34. The Morgan fingerprint density at radius 3 is 2.79 bits per heavy atom. The molecule has 3 aliphatic rings. The summed E-state index contributed by atoms with van der Waals surface area (Å²) < 4.78 is 5.43. The maximum Gasteiger partial charge on any atom is 0.334 e. The van der Waals surface area contributed by atoms with Gasteiger partial charge in [-0.25, -0.2) is 4.79 Å². The molecule has 19 heavy (non-hydrogen) atoms. The quantitative estimate of drug-likeness (QED) is 0.392. The van der Waals surface area contributed by atoms with Crippen LogP contribution in [0.3, 0.4) is 0 Å². The first-order chi connectivity index (χ1) is 8.83. The number of carbonyl (C=O) groups excluding carboxylic acids is 1. The first-order valence-electron chi connectivity index (χ1n) is 6.81. The van der Waals surface area contributed by atoms with Crippen molar-refractivity contribution in [1.29, 1.82) is 0 Å². The number of aliphatic hydroxyl groups is 2. The van der Waals surface area contributed by atoms with Crippen LogP contribution in [0.15, 0.2) is 24.3 Å². The minimum atomic E-state index is -0.883. The van der Waals surface area contributed by atoms with Crippen LogP contribution in [-0.4, -0.2) is 34.0 Å². The molecule has 0 aromatic heterocycles.